The number of hydrogen-bond acceptors (Lipinski definition) is 3. The van der Waals surface area contributed by atoms with Gasteiger partial charge in [-0.05, 0) is 24.8 Å². The first-order valence-corrected chi connectivity index (χ1v) is 9.17. The summed E-state index contributed by atoms with van der Waals surface area (Å²) in [7, 11) is 0. The molecule has 1 aromatic carbocycles. The summed E-state index contributed by atoms with van der Waals surface area (Å²) in [6, 6.07) is 11.8. The van der Waals surface area contributed by atoms with Crippen LogP contribution in [0.5, 0.6) is 0 Å². The molecule has 1 saturated carbocycles. The molecule has 3 rings (SSSR count). The molecular weight excluding hydrogens is 284 g/mol. The highest BCUT2D eigenvalue weighted by Gasteiger charge is 2.32. The van der Waals surface area contributed by atoms with Crippen LogP contribution in [0.3, 0.4) is 0 Å². The monoisotopic (exact) mass is 314 g/mol. The van der Waals surface area contributed by atoms with Gasteiger partial charge in [-0.15, -0.1) is 0 Å². The lowest BCUT2D eigenvalue weighted by molar-refractivity contribution is 0.0347. The summed E-state index contributed by atoms with van der Waals surface area (Å²) in [5, 5.41) is 9.43. The third kappa shape index (κ3) is 4.66. The smallest absolute Gasteiger partial charge is 0.0446 e. The van der Waals surface area contributed by atoms with Crippen LogP contribution in [0.1, 0.15) is 37.7 Å². The molecule has 0 bridgehead atoms. The van der Waals surface area contributed by atoms with Crippen LogP contribution in [-0.4, -0.2) is 59.8 Å². The van der Waals surface area contributed by atoms with Gasteiger partial charge >= 0.3 is 0 Å². The highest BCUT2D eigenvalue weighted by Crippen LogP contribution is 2.27. The number of aliphatic hydroxyl groups is 1. The Kier molecular flexibility index (Phi) is 6.26. The van der Waals surface area contributed by atoms with Crippen molar-refractivity contribution in [1.82, 2.24) is 9.80 Å². The Hall–Kier alpha value is -1.16. The molecule has 0 aromatic heterocycles. The van der Waals surface area contributed by atoms with E-state index in [-0.39, 0.29) is 0 Å². The maximum absolute atomic E-state index is 9.43. The van der Waals surface area contributed by atoms with Gasteiger partial charge in [0.15, 0.2) is 0 Å². The molecule has 2 aliphatic rings. The first-order chi connectivity index (χ1) is 11.4. The summed E-state index contributed by atoms with van der Waals surface area (Å²) in [6.07, 6.45) is 10.9. The van der Waals surface area contributed by atoms with Gasteiger partial charge in [0.25, 0.3) is 0 Å². The second-order valence-corrected chi connectivity index (χ2v) is 6.91. The molecule has 1 unspecified atom stereocenters. The van der Waals surface area contributed by atoms with E-state index in [1.54, 1.807) is 0 Å². The third-order valence-corrected chi connectivity index (χ3v) is 5.34. The van der Waals surface area contributed by atoms with Crippen molar-refractivity contribution in [2.24, 2.45) is 0 Å². The van der Waals surface area contributed by atoms with Gasteiger partial charge in [-0.2, -0.15) is 0 Å². The largest absolute Gasteiger partial charge is 0.396 e. The molecule has 23 heavy (non-hydrogen) atoms. The lowest BCUT2D eigenvalue weighted by atomic mass is 10.0. The number of rotatable bonds is 6. The van der Waals surface area contributed by atoms with Crippen molar-refractivity contribution in [2.45, 2.75) is 44.2 Å². The fourth-order valence-corrected chi connectivity index (χ4v) is 4.12. The van der Waals surface area contributed by atoms with Crippen molar-refractivity contribution >= 4 is 6.08 Å². The van der Waals surface area contributed by atoms with Crippen molar-refractivity contribution < 1.29 is 5.11 Å². The molecule has 1 heterocycles. The molecule has 0 radical (unpaired) electrons. The Bertz CT molecular complexity index is 482. The molecule has 1 aromatic rings. The number of aliphatic hydroxyl groups excluding tert-OH is 1. The Balaban J connectivity index is 1.53. The Morgan fingerprint density at radius 1 is 1.09 bits per heavy atom. The molecule has 3 heteroatoms. The average molecular weight is 314 g/mol. The van der Waals surface area contributed by atoms with Crippen molar-refractivity contribution in [3.8, 4) is 0 Å². The fraction of sp³-hybridized carbons (Fsp3) is 0.600. The summed E-state index contributed by atoms with van der Waals surface area (Å²) in [4.78, 5) is 5.23. The zero-order chi connectivity index (χ0) is 15.9. The van der Waals surface area contributed by atoms with E-state index < -0.39 is 0 Å². The minimum Gasteiger partial charge on any atom is -0.396 e. The molecule has 1 N–H and O–H groups in total. The van der Waals surface area contributed by atoms with Gasteiger partial charge in [0.05, 0.1) is 0 Å². The summed E-state index contributed by atoms with van der Waals surface area (Å²) < 4.78 is 0. The van der Waals surface area contributed by atoms with Gasteiger partial charge in [-0.1, -0.05) is 55.3 Å². The number of benzene rings is 1. The number of nitrogens with zero attached hydrogens (tertiary/aromatic N) is 2. The average Bonchev–Trinajstić information content (AvgIpc) is 3.11. The molecule has 126 valence electrons. The zero-order valence-electron chi connectivity index (χ0n) is 14.1. The lowest BCUT2D eigenvalue weighted by Crippen LogP contribution is -2.56. The maximum Gasteiger partial charge on any atom is 0.0446 e. The second kappa shape index (κ2) is 8.62. The second-order valence-electron chi connectivity index (χ2n) is 6.91. The quantitative estimate of drug-likeness (QED) is 0.874. The van der Waals surface area contributed by atoms with Crippen LogP contribution in [-0.2, 0) is 0 Å². The van der Waals surface area contributed by atoms with E-state index in [1.165, 1.54) is 31.2 Å². The SMILES string of the molecule is OCCC1CN(CC=Cc2ccccc2)CCN1C1CCCC1. The van der Waals surface area contributed by atoms with E-state index >= 15 is 0 Å². The summed E-state index contributed by atoms with van der Waals surface area (Å²) in [5.74, 6) is 0. The van der Waals surface area contributed by atoms with Crippen molar-refractivity contribution in [3.63, 3.8) is 0 Å². The standard InChI is InChI=1S/C20H30N2O/c23-16-12-20-17-21(13-6-9-18-7-2-1-3-8-18)14-15-22(20)19-10-4-5-11-19/h1-3,6-9,19-20,23H,4-5,10-17H2. The van der Waals surface area contributed by atoms with E-state index in [2.05, 4.69) is 52.3 Å². The molecule has 1 aliphatic carbocycles. The molecular formula is C20H30N2O. The number of piperazine rings is 1. The van der Waals surface area contributed by atoms with Crippen LogP contribution in [0.25, 0.3) is 6.08 Å². The molecule has 1 saturated heterocycles. The van der Waals surface area contributed by atoms with Crippen molar-refractivity contribution in [3.05, 3.63) is 42.0 Å². The summed E-state index contributed by atoms with van der Waals surface area (Å²) in [5.41, 5.74) is 1.27. The topological polar surface area (TPSA) is 26.7 Å². The molecule has 1 aliphatic heterocycles. The summed E-state index contributed by atoms with van der Waals surface area (Å²) in [6.45, 7) is 4.72. The van der Waals surface area contributed by atoms with Crippen LogP contribution in [0.4, 0.5) is 0 Å². The van der Waals surface area contributed by atoms with Gasteiger partial charge < -0.3 is 5.11 Å². The Morgan fingerprint density at radius 2 is 1.87 bits per heavy atom. The van der Waals surface area contributed by atoms with Crippen LogP contribution >= 0.6 is 0 Å². The van der Waals surface area contributed by atoms with E-state index in [0.717, 1.165) is 38.6 Å². The molecule has 0 spiro atoms. The van der Waals surface area contributed by atoms with Gasteiger partial charge in [-0.25, -0.2) is 0 Å². The Morgan fingerprint density at radius 3 is 2.61 bits per heavy atom. The predicted molar refractivity (Wildman–Crippen MR) is 96.4 cm³/mol. The third-order valence-electron chi connectivity index (χ3n) is 5.34. The lowest BCUT2D eigenvalue weighted by Gasteiger charge is -2.44. The first-order valence-electron chi connectivity index (χ1n) is 9.17. The van der Waals surface area contributed by atoms with Gasteiger partial charge in [0.1, 0.15) is 0 Å². The fourth-order valence-electron chi connectivity index (χ4n) is 4.12. The maximum atomic E-state index is 9.43. The molecule has 2 fully saturated rings. The minimum absolute atomic E-state index is 0.307. The van der Waals surface area contributed by atoms with Gasteiger partial charge in [0.2, 0.25) is 0 Å². The summed E-state index contributed by atoms with van der Waals surface area (Å²) >= 11 is 0. The zero-order valence-corrected chi connectivity index (χ0v) is 14.1. The number of hydrogen-bond donors (Lipinski definition) is 1. The molecule has 0 amide bonds. The first kappa shape index (κ1) is 16.7. The van der Waals surface area contributed by atoms with Crippen LogP contribution in [0.2, 0.25) is 0 Å². The van der Waals surface area contributed by atoms with Gasteiger partial charge in [-0.3, -0.25) is 9.80 Å². The Labute approximate surface area is 140 Å². The minimum atomic E-state index is 0.307. The van der Waals surface area contributed by atoms with Crippen LogP contribution < -0.4 is 0 Å². The van der Waals surface area contributed by atoms with E-state index in [1.807, 2.05) is 0 Å². The normalized spacial score (nSPS) is 24.7. The molecule has 1 atom stereocenters. The van der Waals surface area contributed by atoms with Crippen LogP contribution in [0.15, 0.2) is 36.4 Å². The molecule has 3 nitrogen and oxygen atoms in total. The highest BCUT2D eigenvalue weighted by atomic mass is 16.3. The van der Waals surface area contributed by atoms with E-state index in [4.69, 9.17) is 0 Å². The highest BCUT2D eigenvalue weighted by molar-refractivity contribution is 5.48. The van der Waals surface area contributed by atoms with Crippen molar-refractivity contribution in [1.29, 1.82) is 0 Å². The van der Waals surface area contributed by atoms with E-state index in [0.29, 0.717) is 12.6 Å². The van der Waals surface area contributed by atoms with E-state index in [9.17, 15) is 5.11 Å². The predicted octanol–water partition coefficient (Wildman–Crippen LogP) is 3.01. The van der Waals surface area contributed by atoms with Gasteiger partial charge in [0, 0.05) is 44.9 Å². The van der Waals surface area contributed by atoms with Crippen LogP contribution in [0, 0.1) is 0 Å². The van der Waals surface area contributed by atoms with Crippen molar-refractivity contribution in [2.75, 3.05) is 32.8 Å².